The third-order valence-corrected chi connectivity index (χ3v) is 4.04. The number of Topliss-reactive ketones (excluding diaryl/α,β-unsaturated/α-hetero) is 1. The Kier molecular flexibility index (Phi) is 5.13. The Morgan fingerprint density at radius 3 is 2.88 bits per heavy atom. The number of carbonyl (C=O) groups excluding carboxylic acids is 1. The van der Waals surface area contributed by atoms with Crippen LogP contribution in [0.3, 0.4) is 0 Å². The van der Waals surface area contributed by atoms with Crippen LogP contribution in [0, 0.1) is 11.3 Å². The van der Waals surface area contributed by atoms with Gasteiger partial charge in [0.2, 0.25) is 0 Å². The quantitative estimate of drug-likeness (QED) is 0.785. The molecule has 0 spiro atoms. The number of carbonyl (C=O) groups is 1. The second-order valence-corrected chi connectivity index (χ2v) is 6.12. The van der Waals surface area contributed by atoms with Gasteiger partial charge in [0.25, 0.3) is 0 Å². The Morgan fingerprint density at radius 2 is 2.38 bits per heavy atom. The van der Waals surface area contributed by atoms with Crippen molar-refractivity contribution in [1.29, 1.82) is 5.26 Å². The molecule has 1 rings (SSSR count). The number of halogens is 1. The molecule has 0 saturated heterocycles. The molecular weight excluding hydrogens is 288 g/mol. The fourth-order valence-corrected chi connectivity index (χ4v) is 2.53. The van der Waals surface area contributed by atoms with Gasteiger partial charge in [0.1, 0.15) is 0 Å². The number of nitriles is 1. The Morgan fingerprint density at radius 1 is 1.69 bits per heavy atom. The Hall–Kier alpha value is -0.700. The summed E-state index contributed by atoms with van der Waals surface area (Å²) in [4.78, 5) is 14.5. The highest BCUT2D eigenvalue weighted by molar-refractivity contribution is 9.11. The van der Waals surface area contributed by atoms with E-state index >= 15 is 0 Å². The van der Waals surface area contributed by atoms with Crippen LogP contribution in [0.4, 0.5) is 0 Å². The predicted octanol–water partition coefficient (Wildman–Crippen LogP) is 2.93. The highest BCUT2D eigenvalue weighted by Gasteiger charge is 2.15. The molecule has 0 saturated carbocycles. The monoisotopic (exact) mass is 300 g/mol. The summed E-state index contributed by atoms with van der Waals surface area (Å²) in [6.45, 7) is 2.30. The van der Waals surface area contributed by atoms with E-state index in [4.69, 9.17) is 5.26 Å². The van der Waals surface area contributed by atoms with E-state index in [-0.39, 0.29) is 11.8 Å². The van der Waals surface area contributed by atoms with Gasteiger partial charge in [-0.1, -0.05) is 0 Å². The van der Waals surface area contributed by atoms with Crippen LogP contribution in [-0.2, 0) is 0 Å². The molecule has 3 nitrogen and oxygen atoms in total. The van der Waals surface area contributed by atoms with Crippen LogP contribution in [0.25, 0.3) is 0 Å². The van der Waals surface area contributed by atoms with E-state index in [1.165, 1.54) is 11.3 Å². The third kappa shape index (κ3) is 3.71. The standard InChI is InChI=1S/C11H13BrN2OS/c1-8(5-6-13)14(2)7-9(15)10-3-4-11(12)16-10/h3-4,8H,5,7H2,1-2H3. The topological polar surface area (TPSA) is 44.1 Å². The van der Waals surface area contributed by atoms with Crippen LogP contribution >= 0.6 is 27.3 Å². The van der Waals surface area contributed by atoms with Gasteiger partial charge in [-0.25, -0.2) is 0 Å². The maximum absolute atomic E-state index is 11.8. The average molecular weight is 301 g/mol. The predicted molar refractivity (Wildman–Crippen MR) is 68.7 cm³/mol. The van der Waals surface area contributed by atoms with Crippen molar-refractivity contribution < 1.29 is 4.79 Å². The summed E-state index contributed by atoms with van der Waals surface area (Å²) in [5.74, 6) is 0.1000. The van der Waals surface area contributed by atoms with Gasteiger partial charge in [-0.15, -0.1) is 11.3 Å². The second kappa shape index (κ2) is 6.14. The van der Waals surface area contributed by atoms with Gasteiger partial charge in [-0.3, -0.25) is 9.69 Å². The lowest BCUT2D eigenvalue weighted by molar-refractivity contribution is 0.0930. The zero-order chi connectivity index (χ0) is 12.1. The van der Waals surface area contributed by atoms with E-state index in [0.717, 1.165) is 8.66 Å². The normalized spacial score (nSPS) is 12.4. The van der Waals surface area contributed by atoms with E-state index < -0.39 is 0 Å². The minimum absolute atomic E-state index is 0.1000. The Bertz CT molecular complexity index is 410. The maximum atomic E-state index is 11.8. The van der Waals surface area contributed by atoms with Crippen molar-refractivity contribution in [2.24, 2.45) is 0 Å². The first-order valence-corrected chi connectivity index (χ1v) is 6.51. The van der Waals surface area contributed by atoms with Gasteiger partial charge >= 0.3 is 0 Å². The van der Waals surface area contributed by atoms with E-state index in [1.54, 1.807) is 0 Å². The van der Waals surface area contributed by atoms with Gasteiger partial charge in [-0.05, 0) is 42.0 Å². The number of nitrogens with zero attached hydrogens (tertiary/aromatic N) is 2. The highest BCUT2D eigenvalue weighted by Crippen LogP contribution is 2.22. The van der Waals surface area contributed by atoms with E-state index in [9.17, 15) is 4.79 Å². The molecule has 0 amide bonds. The molecule has 1 unspecified atom stereocenters. The highest BCUT2D eigenvalue weighted by atomic mass is 79.9. The molecule has 0 bridgehead atoms. The van der Waals surface area contributed by atoms with Gasteiger partial charge in [-0.2, -0.15) is 5.26 Å². The zero-order valence-electron chi connectivity index (χ0n) is 9.24. The van der Waals surface area contributed by atoms with Crippen molar-refractivity contribution in [3.05, 3.63) is 20.8 Å². The SMILES string of the molecule is CC(CC#N)N(C)CC(=O)c1ccc(Br)s1. The Labute approximate surface area is 108 Å². The first-order chi connectivity index (χ1) is 7.54. The van der Waals surface area contributed by atoms with E-state index in [1.807, 2.05) is 31.0 Å². The molecule has 1 aromatic rings. The van der Waals surface area contributed by atoms with Crippen molar-refractivity contribution in [1.82, 2.24) is 4.90 Å². The maximum Gasteiger partial charge on any atom is 0.186 e. The van der Waals surface area contributed by atoms with E-state index in [2.05, 4.69) is 22.0 Å². The molecule has 0 radical (unpaired) electrons. The summed E-state index contributed by atoms with van der Waals surface area (Å²) in [5, 5.41) is 8.57. The molecule has 0 aliphatic carbocycles. The zero-order valence-corrected chi connectivity index (χ0v) is 11.6. The van der Waals surface area contributed by atoms with Crippen molar-refractivity contribution in [3.8, 4) is 6.07 Å². The van der Waals surface area contributed by atoms with Gasteiger partial charge in [0, 0.05) is 6.04 Å². The first kappa shape index (κ1) is 13.4. The van der Waals surface area contributed by atoms with Crippen molar-refractivity contribution >= 4 is 33.0 Å². The van der Waals surface area contributed by atoms with Crippen LogP contribution in [0.2, 0.25) is 0 Å². The van der Waals surface area contributed by atoms with Gasteiger partial charge < -0.3 is 0 Å². The molecule has 0 aromatic carbocycles. The van der Waals surface area contributed by atoms with E-state index in [0.29, 0.717) is 13.0 Å². The third-order valence-electron chi connectivity index (χ3n) is 2.38. The summed E-state index contributed by atoms with van der Waals surface area (Å²) in [5.41, 5.74) is 0. The number of rotatable bonds is 5. The molecular formula is C11H13BrN2OS. The molecule has 1 atom stereocenters. The van der Waals surface area contributed by atoms with Crippen molar-refractivity contribution in [3.63, 3.8) is 0 Å². The van der Waals surface area contributed by atoms with Crippen LogP contribution in [0.15, 0.2) is 15.9 Å². The number of thiophene rings is 1. The molecule has 5 heteroatoms. The molecule has 0 aliphatic heterocycles. The lowest BCUT2D eigenvalue weighted by Gasteiger charge is -2.21. The average Bonchev–Trinajstić information content (AvgIpc) is 2.65. The lowest BCUT2D eigenvalue weighted by atomic mass is 10.2. The molecule has 0 fully saturated rings. The molecule has 0 N–H and O–H groups in total. The first-order valence-electron chi connectivity index (χ1n) is 4.90. The molecule has 86 valence electrons. The van der Waals surface area contributed by atoms with Crippen LogP contribution < -0.4 is 0 Å². The molecule has 16 heavy (non-hydrogen) atoms. The molecule has 1 aromatic heterocycles. The summed E-state index contributed by atoms with van der Waals surface area (Å²) >= 11 is 4.77. The second-order valence-electron chi connectivity index (χ2n) is 3.65. The number of ketones is 1. The summed E-state index contributed by atoms with van der Waals surface area (Å²) in [7, 11) is 1.86. The van der Waals surface area contributed by atoms with Gasteiger partial charge in [0.15, 0.2) is 5.78 Å². The van der Waals surface area contributed by atoms with Gasteiger partial charge in [0.05, 0.1) is 27.7 Å². The van der Waals surface area contributed by atoms with Crippen LogP contribution in [-0.4, -0.2) is 30.3 Å². The summed E-state index contributed by atoms with van der Waals surface area (Å²) in [6.07, 6.45) is 0.442. The Balaban J connectivity index is 2.55. The largest absolute Gasteiger partial charge is 0.295 e. The fourth-order valence-electron chi connectivity index (χ4n) is 1.21. The minimum atomic E-state index is 0.1000. The fraction of sp³-hybridized carbons (Fsp3) is 0.455. The van der Waals surface area contributed by atoms with Crippen LogP contribution in [0.5, 0.6) is 0 Å². The summed E-state index contributed by atoms with van der Waals surface area (Å²) < 4.78 is 0.962. The summed E-state index contributed by atoms with van der Waals surface area (Å²) in [6, 6.07) is 5.91. The minimum Gasteiger partial charge on any atom is -0.295 e. The van der Waals surface area contributed by atoms with Crippen molar-refractivity contribution in [2.75, 3.05) is 13.6 Å². The number of hydrogen-bond acceptors (Lipinski definition) is 4. The molecule has 1 heterocycles. The van der Waals surface area contributed by atoms with Crippen molar-refractivity contribution in [2.45, 2.75) is 19.4 Å². The van der Waals surface area contributed by atoms with Crippen LogP contribution in [0.1, 0.15) is 23.0 Å². The lowest BCUT2D eigenvalue weighted by Crippen LogP contribution is -2.33. The molecule has 0 aliphatic rings. The number of hydrogen-bond donors (Lipinski definition) is 0. The smallest absolute Gasteiger partial charge is 0.186 e. The number of likely N-dealkylation sites (N-methyl/N-ethyl adjacent to an activating group) is 1.